The van der Waals surface area contributed by atoms with Gasteiger partial charge in [-0.1, -0.05) is 0 Å². The molecule has 14 heteroatoms. The summed E-state index contributed by atoms with van der Waals surface area (Å²) in [7, 11) is 0. The van der Waals surface area contributed by atoms with Gasteiger partial charge in [-0.3, -0.25) is 4.79 Å². The zero-order chi connectivity index (χ0) is 29.3. The number of fused-ring (bicyclic) bond motifs is 1. The molecule has 2 aromatic heterocycles. The molecule has 2 aliphatic carbocycles. The molecule has 2 heterocycles. The van der Waals surface area contributed by atoms with Crippen LogP contribution in [-0.2, 0) is 14.3 Å². The molecule has 2 fully saturated rings. The van der Waals surface area contributed by atoms with E-state index in [2.05, 4.69) is 25.5 Å². The topological polar surface area (TPSA) is 107 Å². The van der Waals surface area contributed by atoms with Crippen molar-refractivity contribution in [2.24, 2.45) is 11.8 Å². The molecule has 2 saturated carbocycles. The van der Waals surface area contributed by atoms with Crippen LogP contribution in [0.1, 0.15) is 82.6 Å². The van der Waals surface area contributed by atoms with Crippen molar-refractivity contribution in [1.82, 2.24) is 25.2 Å². The van der Waals surface area contributed by atoms with Gasteiger partial charge < -0.3 is 20.1 Å². The van der Waals surface area contributed by atoms with E-state index in [9.17, 15) is 31.5 Å². The quantitative estimate of drug-likeness (QED) is 0.395. The van der Waals surface area contributed by atoms with Crippen LogP contribution in [0.15, 0.2) is 18.5 Å². The van der Waals surface area contributed by atoms with Crippen molar-refractivity contribution in [1.29, 1.82) is 0 Å². The summed E-state index contributed by atoms with van der Waals surface area (Å²) in [4.78, 5) is 29.5. The van der Waals surface area contributed by atoms with Crippen molar-refractivity contribution in [3.05, 3.63) is 29.7 Å². The third-order valence-electron chi connectivity index (χ3n) is 6.85. The summed E-state index contributed by atoms with van der Waals surface area (Å²) in [6, 6.07) is 0.521. The van der Waals surface area contributed by atoms with Gasteiger partial charge in [0.2, 0.25) is 11.8 Å². The van der Waals surface area contributed by atoms with E-state index < -0.39 is 55.0 Å². The van der Waals surface area contributed by atoms with Gasteiger partial charge in [0.05, 0.1) is 30.2 Å². The molecule has 0 unspecified atom stereocenters. The van der Waals surface area contributed by atoms with Crippen LogP contribution in [0.25, 0.3) is 5.65 Å². The van der Waals surface area contributed by atoms with E-state index in [4.69, 9.17) is 4.74 Å². The molecule has 2 atom stereocenters. The van der Waals surface area contributed by atoms with Crippen LogP contribution in [0.5, 0.6) is 0 Å². The highest BCUT2D eigenvalue weighted by molar-refractivity contribution is 5.77. The van der Waals surface area contributed by atoms with E-state index in [-0.39, 0.29) is 37.5 Å². The molecule has 2 amide bonds. The van der Waals surface area contributed by atoms with Crippen LogP contribution in [0.4, 0.5) is 26.7 Å². The SMILES string of the molecule is CC(C)(C)OC(=O)N[C@H](c1cn2ncc([C@H](NC(=O)COCC(F)(F)F)C3CC3)cc2n1)C1CCC(F)(F)CC1. The van der Waals surface area contributed by atoms with Gasteiger partial charge in [-0.05, 0) is 69.9 Å². The van der Waals surface area contributed by atoms with Gasteiger partial charge in [-0.25, -0.2) is 23.1 Å². The van der Waals surface area contributed by atoms with E-state index in [0.717, 1.165) is 12.8 Å². The van der Waals surface area contributed by atoms with Gasteiger partial charge in [0, 0.05) is 12.8 Å². The van der Waals surface area contributed by atoms with E-state index >= 15 is 0 Å². The number of alkyl halides is 5. The highest BCUT2D eigenvalue weighted by Crippen LogP contribution is 2.42. The Morgan fingerprint density at radius 3 is 2.33 bits per heavy atom. The summed E-state index contributed by atoms with van der Waals surface area (Å²) >= 11 is 0. The number of alkyl carbamates (subject to hydrolysis) is 1. The molecule has 2 aliphatic rings. The maximum absolute atomic E-state index is 13.9. The number of rotatable bonds is 9. The molecule has 0 bridgehead atoms. The fraction of sp³-hybridized carbons (Fsp3) is 0.692. The number of nitrogens with zero attached hydrogens (tertiary/aromatic N) is 3. The summed E-state index contributed by atoms with van der Waals surface area (Å²) in [5.74, 6) is -3.63. The Bertz CT molecular complexity index is 1200. The number of aromatic nitrogens is 3. The number of hydrogen-bond donors (Lipinski definition) is 2. The highest BCUT2D eigenvalue weighted by atomic mass is 19.4. The lowest BCUT2D eigenvalue weighted by atomic mass is 9.81. The Morgan fingerprint density at radius 1 is 1.07 bits per heavy atom. The average molecular weight is 576 g/mol. The molecular formula is C26H34F5N5O4. The Labute approximate surface area is 228 Å². The predicted octanol–water partition coefficient (Wildman–Crippen LogP) is 5.27. The van der Waals surface area contributed by atoms with Gasteiger partial charge in [0.15, 0.2) is 5.65 Å². The minimum absolute atomic E-state index is 0.0933. The standard InChI is InChI=1S/C26H34F5N5O4/c1-24(2,3)40-23(38)35-22(16-6-8-25(27,28)9-7-16)18-12-36-19(33-18)10-17(11-32-36)21(15-4-5-15)34-20(37)13-39-14-26(29,30)31/h10-12,15-16,21-22H,4-9,13-14H2,1-3H3,(H,34,37)(H,35,38)/t21-,22+/m1/s1. The third-order valence-corrected chi connectivity index (χ3v) is 6.85. The molecule has 40 heavy (non-hydrogen) atoms. The average Bonchev–Trinajstić information content (AvgIpc) is 3.57. The lowest BCUT2D eigenvalue weighted by Crippen LogP contribution is -2.40. The Hall–Kier alpha value is -3.03. The highest BCUT2D eigenvalue weighted by Gasteiger charge is 2.40. The van der Waals surface area contributed by atoms with E-state index in [1.165, 1.54) is 10.7 Å². The first-order valence-electron chi connectivity index (χ1n) is 13.2. The normalized spacial score (nSPS) is 19.7. The summed E-state index contributed by atoms with van der Waals surface area (Å²) in [5, 5.41) is 9.92. The zero-order valence-electron chi connectivity index (χ0n) is 22.6. The van der Waals surface area contributed by atoms with Crippen molar-refractivity contribution in [2.45, 2.75) is 89.1 Å². The van der Waals surface area contributed by atoms with Crippen molar-refractivity contribution in [3.8, 4) is 0 Å². The van der Waals surface area contributed by atoms with Gasteiger partial charge in [0.25, 0.3) is 0 Å². The summed E-state index contributed by atoms with van der Waals surface area (Å²) in [5.41, 5.74) is 0.685. The van der Waals surface area contributed by atoms with Gasteiger partial charge in [-0.15, -0.1) is 0 Å². The monoisotopic (exact) mass is 575 g/mol. The smallest absolute Gasteiger partial charge is 0.411 e. The second-order valence-corrected chi connectivity index (χ2v) is 11.6. The molecule has 4 rings (SSSR count). The second-order valence-electron chi connectivity index (χ2n) is 11.6. The number of imidazole rings is 1. The Kier molecular flexibility index (Phi) is 8.57. The lowest BCUT2D eigenvalue weighted by molar-refractivity contribution is -0.175. The maximum atomic E-state index is 13.9. The van der Waals surface area contributed by atoms with E-state index in [1.54, 1.807) is 33.0 Å². The molecular weight excluding hydrogens is 541 g/mol. The van der Waals surface area contributed by atoms with Crippen molar-refractivity contribution < 1.29 is 41.0 Å². The molecule has 222 valence electrons. The van der Waals surface area contributed by atoms with E-state index in [0.29, 0.717) is 16.9 Å². The minimum Gasteiger partial charge on any atom is -0.444 e. The van der Waals surface area contributed by atoms with E-state index in [1.807, 2.05) is 0 Å². The summed E-state index contributed by atoms with van der Waals surface area (Å²) in [6.07, 6.45) is -0.633. The Morgan fingerprint density at radius 2 is 1.73 bits per heavy atom. The first kappa shape index (κ1) is 29.9. The van der Waals surface area contributed by atoms with Gasteiger partial charge in [0.1, 0.15) is 18.8 Å². The molecule has 9 nitrogen and oxygen atoms in total. The maximum Gasteiger partial charge on any atom is 0.411 e. The largest absolute Gasteiger partial charge is 0.444 e. The zero-order valence-corrected chi connectivity index (χ0v) is 22.6. The Balaban J connectivity index is 1.53. The fourth-order valence-corrected chi connectivity index (χ4v) is 4.87. The minimum atomic E-state index is -4.53. The molecule has 0 spiro atoms. The number of halogens is 5. The number of carbonyl (C=O) groups excluding carboxylic acids is 2. The number of hydrogen-bond acceptors (Lipinski definition) is 6. The van der Waals surface area contributed by atoms with Gasteiger partial charge in [-0.2, -0.15) is 18.3 Å². The molecule has 0 radical (unpaired) electrons. The second kappa shape index (κ2) is 11.5. The third kappa shape index (κ3) is 8.48. The van der Waals surface area contributed by atoms with Crippen molar-refractivity contribution in [2.75, 3.05) is 13.2 Å². The van der Waals surface area contributed by atoms with Crippen LogP contribution in [-0.4, -0.2) is 57.5 Å². The van der Waals surface area contributed by atoms with Crippen LogP contribution in [0.3, 0.4) is 0 Å². The number of carbonyl (C=O) groups is 2. The number of nitrogens with one attached hydrogen (secondary N) is 2. The van der Waals surface area contributed by atoms with Gasteiger partial charge >= 0.3 is 12.3 Å². The predicted molar refractivity (Wildman–Crippen MR) is 132 cm³/mol. The first-order chi connectivity index (χ1) is 18.6. The first-order valence-corrected chi connectivity index (χ1v) is 13.2. The van der Waals surface area contributed by atoms with Crippen LogP contribution >= 0.6 is 0 Å². The number of ether oxygens (including phenoxy) is 2. The lowest BCUT2D eigenvalue weighted by Gasteiger charge is -2.33. The molecule has 0 aromatic carbocycles. The molecule has 0 aliphatic heterocycles. The fourth-order valence-electron chi connectivity index (χ4n) is 4.87. The molecule has 0 saturated heterocycles. The summed E-state index contributed by atoms with van der Waals surface area (Å²) in [6.45, 7) is 2.91. The molecule has 2 N–H and O–H groups in total. The van der Waals surface area contributed by atoms with Crippen LogP contribution in [0, 0.1) is 11.8 Å². The van der Waals surface area contributed by atoms with Crippen LogP contribution in [0.2, 0.25) is 0 Å². The summed E-state index contributed by atoms with van der Waals surface area (Å²) < 4.78 is 76.1. The number of amides is 2. The van der Waals surface area contributed by atoms with Crippen LogP contribution < -0.4 is 10.6 Å². The molecule has 2 aromatic rings. The van der Waals surface area contributed by atoms with Crippen molar-refractivity contribution in [3.63, 3.8) is 0 Å². The van der Waals surface area contributed by atoms with Crippen molar-refractivity contribution >= 4 is 17.6 Å².